The van der Waals surface area contributed by atoms with Crippen LogP contribution in [0.5, 0.6) is 0 Å². The van der Waals surface area contributed by atoms with Gasteiger partial charge in [-0.1, -0.05) is 17.7 Å². The van der Waals surface area contributed by atoms with Gasteiger partial charge in [-0.2, -0.15) is 5.10 Å². The van der Waals surface area contributed by atoms with Crippen molar-refractivity contribution < 1.29 is 9.59 Å². The maximum Gasteiger partial charge on any atom is 0.227 e. The van der Waals surface area contributed by atoms with Crippen LogP contribution in [0.15, 0.2) is 48.8 Å². The fraction of sp³-hybridized carbons (Fsp3) is 0.318. The molecule has 0 radical (unpaired) electrons. The highest BCUT2D eigenvalue weighted by molar-refractivity contribution is 6.00. The van der Waals surface area contributed by atoms with E-state index in [0.29, 0.717) is 37.1 Å². The zero-order valence-electron chi connectivity index (χ0n) is 17.6. The van der Waals surface area contributed by atoms with Gasteiger partial charge in [0.15, 0.2) is 5.82 Å². The molecule has 0 unspecified atom stereocenters. The fourth-order valence-electron chi connectivity index (χ4n) is 3.54. The van der Waals surface area contributed by atoms with Crippen molar-refractivity contribution in [1.29, 1.82) is 0 Å². The summed E-state index contributed by atoms with van der Waals surface area (Å²) in [5, 5.41) is 10.3. The molecule has 0 spiro atoms. The van der Waals surface area contributed by atoms with Crippen LogP contribution in [0.4, 0.5) is 11.5 Å². The van der Waals surface area contributed by atoms with Crippen LogP contribution in [0.2, 0.25) is 0 Å². The Morgan fingerprint density at radius 2 is 1.97 bits per heavy atom. The minimum absolute atomic E-state index is 0.0234. The molecular formula is C22H25N7O2. The van der Waals surface area contributed by atoms with Crippen LogP contribution in [-0.2, 0) is 9.59 Å². The van der Waals surface area contributed by atoms with E-state index in [2.05, 4.69) is 25.7 Å². The Bertz CT molecular complexity index is 1060. The summed E-state index contributed by atoms with van der Waals surface area (Å²) >= 11 is 0. The van der Waals surface area contributed by atoms with Gasteiger partial charge in [0.1, 0.15) is 11.6 Å². The zero-order valence-corrected chi connectivity index (χ0v) is 17.6. The van der Waals surface area contributed by atoms with Gasteiger partial charge in [-0.15, -0.1) is 0 Å². The number of amides is 2. The lowest BCUT2D eigenvalue weighted by Crippen LogP contribution is -2.35. The topological polar surface area (TPSA) is 105 Å². The van der Waals surface area contributed by atoms with Crippen LogP contribution in [-0.4, -0.2) is 51.2 Å². The zero-order chi connectivity index (χ0) is 21.8. The van der Waals surface area contributed by atoms with Crippen LogP contribution < -0.4 is 15.5 Å². The van der Waals surface area contributed by atoms with E-state index in [4.69, 9.17) is 0 Å². The molecule has 4 rings (SSSR count). The molecule has 9 nitrogen and oxygen atoms in total. The van der Waals surface area contributed by atoms with Crippen molar-refractivity contribution in [3.05, 3.63) is 60.2 Å². The third kappa shape index (κ3) is 4.88. The van der Waals surface area contributed by atoms with Crippen molar-refractivity contribution in [2.45, 2.75) is 20.3 Å². The fourth-order valence-corrected chi connectivity index (χ4v) is 3.54. The van der Waals surface area contributed by atoms with Crippen molar-refractivity contribution >= 4 is 23.3 Å². The number of aryl methyl sites for hydroxylation is 2. The SMILES string of the molecule is Cc1ccc(N2C[C@@H](C(=O)NCCNc3cc(-n4cccn4)nc(C)n3)CC2=O)cc1. The molecule has 31 heavy (non-hydrogen) atoms. The summed E-state index contributed by atoms with van der Waals surface area (Å²) in [5.41, 5.74) is 1.97. The van der Waals surface area contributed by atoms with Crippen LogP contribution in [0.3, 0.4) is 0 Å². The number of aromatic nitrogens is 4. The van der Waals surface area contributed by atoms with Gasteiger partial charge in [-0.05, 0) is 32.0 Å². The molecular weight excluding hydrogens is 394 g/mol. The molecule has 1 fully saturated rings. The van der Waals surface area contributed by atoms with E-state index in [-0.39, 0.29) is 24.2 Å². The number of anilines is 2. The first-order chi connectivity index (χ1) is 15.0. The van der Waals surface area contributed by atoms with E-state index < -0.39 is 0 Å². The lowest BCUT2D eigenvalue weighted by atomic mass is 10.1. The van der Waals surface area contributed by atoms with Gasteiger partial charge in [0.05, 0.1) is 5.92 Å². The quantitative estimate of drug-likeness (QED) is 0.567. The normalized spacial score (nSPS) is 15.9. The summed E-state index contributed by atoms with van der Waals surface area (Å²) < 4.78 is 1.67. The Morgan fingerprint density at radius 1 is 1.16 bits per heavy atom. The molecule has 0 bridgehead atoms. The average Bonchev–Trinajstić information content (AvgIpc) is 3.41. The van der Waals surface area contributed by atoms with Gasteiger partial charge in [0.2, 0.25) is 11.8 Å². The molecule has 3 heterocycles. The standard InChI is InChI=1S/C22H25N7O2/c1-15-4-6-18(7-5-15)28-14-17(12-21(28)30)22(31)24-10-9-23-19-13-20(27-16(2)26-19)29-11-3-8-25-29/h3-8,11,13,17H,9-10,12,14H2,1-2H3,(H,24,31)(H,23,26,27)/t17-/m0/s1. The first-order valence-electron chi connectivity index (χ1n) is 10.2. The molecule has 1 saturated heterocycles. The van der Waals surface area contributed by atoms with Gasteiger partial charge in [0, 0.05) is 50.2 Å². The molecule has 1 aliphatic rings. The molecule has 3 aromatic rings. The Balaban J connectivity index is 1.27. The van der Waals surface area contributed by atoms with Gasteiger partial charge in [0.25, 0.3) is 0 Å². The summed E-state index contributed by atoms with van der Waals surface area (Å²) in [6.07, 6.45) is 3.73. The van der Waals surface area contributed by atoms with E-state index >= 15 is 0 Å². The average molecular weight is 419 g/mol. The lowest BCUT2D eigenvalue weighted by molar-refractivity contribution is -0.126. The Hall–Kier alpha value is -3.75. The van der Waals surface area contributed by atoms with Crippen molar-refractivity contribution in [1.82, 2.24) is 25.1 Å². The monoisotopic (exact) mass is 419 g/mol. The molecule has 160 valence electrons. The molecule has 1 aromatic carbocycles. The summed E-state index contributed by atoms with van der Waals surface area (Å²) in [5.74, 6) is 1.48. The number of hydrogen-bond acceptors (Lipinski definition) is 6. The maximum atomic E-state index is 12.5. The Kier molecular flexibility index (Phi) is 5.92. The predicted octanol–water partition coefficient (Wildman–Crippen LogP) is 1.86. The Morgan fingerprint density at radius 3 is 2.71 bits per heavy atom. The van der Waals surface area contributed by atoms with Crippen LogP contribution in [0, 0.1) is 19.8 Å². The predicted molar refractivity (Wildman–Crippen MR) is 117 cm³/mol. The number of hydrogen-bond donors (Lipinski definition) is 2. The maximum absolute atomic E-state index is 12.5. The molecule has 1 aliphatic heterocycles. The first-order valence-corrected chi connectivity index (χ1v) is 10.2. The van der Waals surface area contributed by atoms with Crippen LogP contribution in [0.25, 0.3) is 5.82 Å². The molecule has 2 aromatic heterocycles. The number of carbonyl (C=O) groups excluding carboxylic acids is 2. The third-order valence-corrected chi connectivity index (χ3v) is 5.14. The first kappa shape index (κ1) is 20.5. The second-order valence-electron chi connectivity index (χ2n) is 7.57. The van der Waals surface area contributed by atoms with E-state index in [0.717, 1.165) is 11.3 Å². The smallest absolute Gasteiger partial charge is 0.227 e. The van der Waals surface area contributed by atoms with Gasteiger partial charge in [-0.3, -0.25) is 9.59 Å². The third-order valence-electron chi connectivity index (χ3n) is 5.14. The van der Waals surface area contributed by atoms with E-state index in [1.165, 1.54) is 0 Å². The Labute approximate surface area is 180 Å². The van der Waals surface area contributed by atoms with Gasteiger partial charge < -0.3 is 15.5 Å². The summed E-state index contributed by atoms with van der Waals surface area (Å²) in [6.45, 7) is 5.15. The second-order valence-corrected chi connectivity index (χ2v) is 7.57. The molecule has 0 aliphatic carbocycles. The molecule has 0 saturated carbocycles. The summed E-state index contributed by atoms with van der Waals surface area (Å²) in [6, 6.07) is 11.4. The van der Waals surface area contributed by atoms with Crippen LogP contribution >= 0.6 is 0 Å². The van der Waals surface area contributed by atoms with Crippen molar-refractivity contribution in [3.63, 3.8) is 0 Å². The number of nitrogens with one attached hydrogen (secondary N) is 2. The number of benzene rings is 1. The van der Waals surface area contributed by atoms with Crippen molar-refractivity contribution in [3.8, 4) is 5.82 Å². The molecule has 9 heteroatoms. The summed E-state index contributed by atoms with van der Waals surface area (Å²) in [7, 11) is 0. The highest BCUT2D eigenvalue weighted by Gasteiger charge is 2.34. The number of carbonyl (C=O) groups is 2. The van der Waals surface area contributed by atoms with Gasteiger partial charge in [-0.25, -0.2) is 14.6 Å². The van der Waals surface area contributed by atoms with Crippen molar-refractivity contribution in [2.75, 3.05) is 29.9 Å². The minimum atomic E-state index is -0.346. The van der Waals surface area contributed by atoms with Gasteiger partial charge >= 0.3 is 0 Å². The van der Waals surface area contributed by atoms with E-state index in [1.807, 2.05) is 50.4 Å². The molecule has 2 N–H and O–H groups in total. The lowest BCUT2D eigenvalue weighted by Gasteiger charge is -2.17. The highest BCUT2D eigenvalue weighted by atomic mass is 16.2. The second kappa shape index (κ2) is 8.95. The van der Waals surface area contributed by atoms with Crippen LogP contribution in [0.1, 0.15) is 17.8 Å². The minimum Gasteiger partial charge on any atom is -0.368 e. The molecule has 2 amide bonds. The largest absolute Gasteiger partial charge is 0.368 e. The number of rotatable bonds is 7. The highest BCUT2D eigenvalue weighted by Crippen LogP contribution is 2.25. The van der Waals surface area contributed by atoms with Crippen molar-refractivity contribution in [2.24, 2.45) is 5.92 Å². The van der Waals surface area contributed by atoms with E-state index in [9.17, 15) is 9.59 Å². The summed E-state index contributed by atoms with van der Waals surface area (Å²) in [4.78, 5) is 35.3. The van der Waals surface area contributed by atoms with E-state index in [1.54, 1.807) is 21.8 Å². The molecule has 1 atom stereocenters. The number of nitrogens with zero attached hydrogens (tertiary/aromatic N) is 5.